The van der Waals surface area contributed by atoms with Gasteiger partial charge in [-0.15, -0.1) is 0 Å². The van der Waals surface area contributed by atoms with Gasteiger partial charge in [0.2, 0.25) is 0 Å². The molecule has 5 N–H and O–H groups in total. The Morgan fingerprint density at radius 3 is 1.00 bits per heavy atom. The average Bonchev–Trinajstić information content (AvgIpc) is 1.43. The SMILES string of the molecule is O=P(O)(O)OP(=O)(O)OP(=O)(O)O.[V].[V]. The molecule has 15 heavy (non-hydrogen) atoms. The third kappa shape index (κ3) is 15.6. The van der Waals surface area contributed by atoms with Crippen molar-refractivity contribution in [3.63, 3.8) is 0 Å². The minimum Gasteiger partial charge on any atom is -0.302 e. The second-order valence-electron chi connectivity index (χ2n) is 1.61. The van der Waals surface area contributed by atoms with Crippen LogP contribution in [0.25, 0.3) is 0 Å². The van der Waals surface area contributed by atoms with Gasteiger partial charge in [-0.1, -0.05) is 0 Å². The number of hydrogen-bond acceptors (Lipinski definition) is 5. The van der Waals surface area contributed by atoms with E-state index in [0.717, 1.165) is 0 Å². The molecule has 0 atom stereocenters. The van der Waals surface area contributed by atoms with Gasteiger partial charge in [0.25, 0.3) is 0 Å². The Bertz CT molecular complexity index is 281. The molecule has 0 aliphatic rings. The van der Waals surface area contributed by atoms with Crippen LogP contribution in [0.5, 0.6) is 0 Å². The van der Waals surface area contributed by atoms with Crippen molar-refractivity contribution in [2.75, 3.05) is 0 Å². The van der Waals surface area contributed by atoms with E-state index in [0.29, 0.717) is 0 Å². The van der Waals surface area contributed by atoms with Gasteiger partial charge in [0.1, 0.15) is 0 Å². The molecular formula is H5O10P3V2. The van der Waals surface area contributed by atoms with Crippen LogP contribution in [0.2, 0.25) is 0 Å². The fourth-order valence-corrected chi connectivity index (χ4v) is 2.82. The number of rotatable bonds is 4. The summed E-state index contributed by atoms with van der Waals surface area (Å²) in [6.07, 6.45) is 0. The van der Waals surface area contributed by atoms with Crippen molar-refractivity contribution in [1.82, 2.24) is 0 Å². The first-order chi connectivity index (χ1) is 5.41. The van der Waals surface area contributed by atoms with Gasteiger partial charge >= 0.3 is 23.5 Å². The molecule has 0 rings (SSSR count). The zero-order valence-electron chi connectivity index (χ0n) is 6.51. The van der Waals surface area contributed by atoms with Gasteiger partial charge < -0.3 is 24.5 Å². The molecule has 15 heteroatoms. The Morgan fingerprint density at radius 1 is 0.667 bits per heavy atom. The Balaban J connectivity index is -0.000000720. The van der Waals surface area contributed by atoms with Gasteiger partial charge in [-0.05, 0) is 0 Å². The average molecular weight is 360 g/mol. The van der Waals surface area contributed by atoms with Crippen LogP contribution in [-0.4, -0.2) is 24.5 Å². The Labute approximate surface area is 107 Å². The summed E-state index contributed by atoms with van der Waals surface area (Å²) in [7, 11) is -16.2. The third-order valence-electron chi connectivity index (χ3n) is 0.419. The maximum atomic E-state index is 10.4. The molecule has 0 bridgehead atoms. The largest absolute Gasteiger partial charge is 0.490 e. The predicted octanol–water partition coefficient (Wildman–Crippen LogP) is -0.700. The van der Waals surface area contributed by atoms with E-state index in [1.807, 2.05) is 0 Å². The van der Waals surface area contributed by atoms with Crippen LogP contribution in [0.15, 0.2) is 0 Å². The minimum absolute atomic E-state index is 0. The van der Waals surface area contributed by atoms with Gasteiger partial charge in [-0.3, -0.25) is 0 Å². The zero-order chi connectivity index (χ0) is 10.9. The first-order valence-electron chi connectivity index (χ1n) is 2.28. The Kier molecular flexibility index (Phi) is 10.3. The first kappa shape index (κ1) is 21.8. The van der Waals surface area contributed by atoms with Gasteiger partial charge in [-0.25, -0.2) is 13.7 Å². The summed E-state index contributed by atoms with van der Waals surface area (Å²) < 4.78 is 36.4. The summed E-state index contributed by atoms with van der Waals surface area (Å²) in [4.78, 5) is 40.2. The zero-order valence-corrected chi connectivity index (χ0v) is 12.0. The van der Waals surface area contributed by atoms with Crippen molar-refractivity contribution in [3.05, 3.63) is 0 Å². The minimum atomic E-state index is -5.46. The van der Waals surface area contributed by atoms with Gasteiger partial charge in [0, 0.05) is 37.1 Å². The number of phosphoric acid groups is 3. The number of hydrogen-bond donors (Lipinski definition) is 5. The first-order valence-corrected chi connectivity index (χ1v) is 6.83. The van der Waals surface area contributed by atoms with Crippen LogP contribution < -0.4 is 0 Å². The summed E-state index contributed by atoms with van der Waals surface area (Å²) >= 11 is 0. The maximum Gasteiger partial charge on any atom is 0.490 e. The van der Waals surface area contributed by atoms with Crippen LogP contribution in [0, 0.1) is 0 Å². The van der Waals surface area contributed by atoms with Crippen LogP contribution in [-0.2, 0) is 59.4 Å². The van der Waals surface area contributed by atoms with E-state index in [2.05, 4.69) is 8.62 Å². The molecule has 0 amide bonds. The summed E-state index contributed by atoms with van der Waals surface area (Å²) in [5.74, 6) is 0. The molecule has 0 spiro atoms. The summed E-state index contributed by atoms with van der Waals surface area (Å²) in [6, 6.07) is 0. The molecule has 0 aromatic heterocycles. The molecule has 0 saturated heterocycles. The van der Waals surface area contributed by atoms with Crippen LogP contribution in [0.4, 0.5) is 0 Å². The summed E-state index contributed by atoms with van der Waals surface area (Å²) in [6.45, 7) is 0. The van der Waals surface area contributed by atoms with E-state index in [9.17, 15) is 13.7 Å². The van der Waals surface area contributed by atoms with Gasteiger partial charge in [0.05, 0.1) is 0 Å². The molecule has 0 unspecified atom stereocenters. The standard InChI is InChI=1S/H5O10P3.2V/c1-11(2,3)9-13(7,8)10-12(4,5)6;;/h(H,7,8)(H2,1,2,3)(H2,4,5,6);;. The molecule has 0 saturated carbocycles. The van der Waals surface area contributed by atoms with Crippen molar-refractivity contribution in [2.45, 2.75) is 0 Å². The Morgan fingerprint density at radius 2 is 0.867 bits per heavy atom. The fraction of sp³-hybridized carbons (Fsp3) is 0. The van der Waals surface area contributed by atoms with Crippen molar-refractivity contribution in [3.8, 4) is 0 Å². The smallest absolute Gasteiger partial charge is 0.302 e. The molecule has 2 radical (unpaired) electrons. The molecule has 0 heterocycles. The molecule has 0 aromatic rings. The summed E-state index contributed by atoms with van der Waals surface area (Å²) in [5.41, 5.74) is 0. The maximum absolute atomic E-state index is 10.4. The molecule has 0 aromatic carbocycles. The molecule has 0 aliphatic heterocycles. The van der Waals surface area contributed by atoms with Crippen molar-refractivity contribution in [2.24, 2.45) is 0 Å². The van der Waals surface area contributed by atoms with E-state index < -0.39 is 23.5 Å². The van der Waals surface area contributed by atoms with Gasteiger partial charge in [0.15, 0.2) is 0 Å². The van der Waals surface area contributed by atoms with Crippen LogP contribution in [0.1, 0.15) is 0 Å². The second-order valence-corrected chi connectivity index (χ2v) is 5.82. The molecule has 10 nitrogen and oxygen atoms in total. The van der Waals surface area contributed by atoms with Crippen molar-refractivity contribution in [1.29, 1.82) is 0 Å². The van der Waals surface area contributed by atoms with Gasteiger partial charge in [-0.2, -0.15) is 8.62 Å². The molecule has 0 fully saturated rings. The third-order valence-corrected chi connectivity index (χ3v) is 3.77. The quantitative estimate of drug-likeness (QED) is 0.404. The normalized spacial score (nSPS) is 12.6. The van der Waals surface area contributed by atoms with Crippen LogP contribution in [0.3, 0.4) is 0 Å². The van der Waals surface area contributed by atoms with E-state index in [1.165, 1.54) is 0 Å². The van der Waals surface area contributed by atoms with E-state index in [-0.39, 0.29) is 37.1 Å². The molecule has 90 valence electrons. The van der Waals surface area contributed by atoms with Crippen molar-refractivity contribution < 1.29 is 83.9 Å². The van der Waals surface area contributed by atoms with E-state index in [4.69, 9.17) is 24.5 Å². The Hall–Kier alpha value is 1.58. The fourth-order valence-electron chi connectivity index (χ4n) is 0.284. The van der Waals surface area contributed by atoms with E-state index in [1.54, 1.807) is 0 Å². The van der Waals surface area contributed by atoms with Crippen LogP contribution >= 0.6 is 23.5 Å². The molecular weight excluding hydrogens is 355 g/mol. The summed E-state index contributed by atoms with van der Waals surface area (Å²) in [5, 5.41) is 0. The topological polar surface area (TPSA) is 171 Å². The molecule has 0 aliphatic carbocycles. The van der Waals surface area contributed by atoms with Crippen molar-refractivity contribution >= 4 is 23.5 Å². The second kappa shape index (κ2) is 7.11. The van der Waals surface area contributed by atoms with E-state index >= 15 is 0 Å². The monoisotopic (exact) mass is 360 g/mol. The predicted molar refractivity (Wildman–Crippen MR) is 36.1 cm³/mol.